The summed E-state index contributed by atoms with van der Waals surface area (Å²) in [5.74, 6) is -0.0622. The van der Waals surface area contributed by atoms with Gasteiger partial charge in [-0.05, 0) is 56.9 Å². The summed E-state index contributed by atoms with van der Waals surface area (Å²) in [7, 11) is 0. The van der Waals surface area contributed by atoms with Crippen molar-refractivity contribution in [1.82, 2.24) is 0 Å². The van der Waals surface area contributed by atoms with Crippen molar-refractivity contribution in [3.8, 4) is 0 Å². The first-order valence-electron chi connectivity index (χ1n) is 7.35. The number of carbonyl (C=O) groups is 1. The second-order valence-corrected chi connectivity index (χ2v) is 6.69. The van der Waals surface area contributed by atoms with Crippen molar-refractivity contribution in [1.29, 1.82) is 0 Å². The molecular weight excluding hydrogens is 256 g/mol. The molecule has 0 radical (unpaired) electrons. The summed E-state index contributed by atoms with van der Waals surface area (Å²) in [5.41, 5.74) is -0.487. The molecule has 0 aromatic carbocycles. The molecule has 1 fully saturated rings. The van der Waals surface area contributed by atoms with Crippen LogP contribution in [0.3, 0.4) is 0 Å². The maximum absolute atomic E-state index is 11.6. The van der Waals surface area contributed by atoms with E-state index in [1.54, 1.807) is 26.8 Å². The molecule has 0 aromatic rings. The van der Waals surface area contributed by atoms with Crippen LogP contribution in [0.4, 0.5) is 0 Å². The molecule has 1 aliphatic carbocycles. The van der Waals surface area contributed by atoms with Crippen LogP contribution in [0.5, 0.6) is 0 Å². The number of aliphatic hydroxyl groups excluding tert-OH is 1. The molecule has 0 heterocycles. The van der Waals surface area contributed by atoms with Crippen molar-refractivity contribution in [2.24, 2.45) is 17.3 Å². The van der Waals surface area contributed by atoms with Crippen molar-refractivity contribution in [3.63, 3.8) is 0 Å². The predicted octanol–water partition coefficient (Wildman–Crippen LogP) is 2.29. The number of hydrogen-bond donors (Lipinski definition) is 2. The second-order valence-electron chi connectivity index (χ2n) is 6.69. The minimum atomic E-state index is -1.05. The fourth-order valence-electron chi connectivity index (χ4n) is 3.44. The van der Waals surface area contributed by atoms with E-state index in [1.807, 2.05) is 0 Å². The maximum atomic E-state index is 11.6. The Labute approximate surface area is 121 Å². The smallest absolute Gasteiger partial charge is 0.333 e. The Bertz CT molecular complexity index is 382. The van der Waals surface area contributed by atoms with Crippen LogP contribution in [0.1, 0.15) is 47.5 Å². The SMILES string of the molecule is CCOC(=O)/C(C)=C/[C@](C)(O)[C@H]1CC(C)(C)[C@@H]1CCO. The lowest BCUT2D eigenvalue weighted by molar-refractivity contribution is -0.139. The monoisotopic (exact) mass is 284 g/mol. The van der Waals surface area contributed by atoms with Crippen LogP contribution in [0.2, 0.25) is 0 Å². The third-order valence-corrected chi connectivity index (χ3v) is 4.53. The standard InChI is InChI=1S/C16H28O4/c1-6-20-14(18)11(2)9-16(5,19)13-10-15(3,4)12(13)7-8-17/h9,12-13,17,19H,6-8,10H2,1-5H3/b11-9+/t12-,13+,16+/m1/s1. The lowest BCUT2D eigenvalue weighted by Crippen LogP contribution is -2.54. The van der Waals surface area contributed by atoms with Gasteiger partial charge < -0.3 is 14.9 Å². The average molecular weight is 284 g/mol. The van der Waals surface area contributed by atoms with Crippen molar-refractivity contribution in [2.75, 3.05) is 13.2 Å². The number of esters is 1. The first-order valence-corrected chi connectivity index (χ1v) is 7.35. The van der Waals surface area contributed by atoms with Crippen LogP contribution < -0.4 is 0 Å². The zero-order chi connectivity index (χ0) is 15.6. The van der Waals surface area contributed by atoms with Gasteiger partial charge in [0.15, 0.2) is 0 Å². The van der Waals surface area contributed by atoms with Crippen LogP contribution in [-0.4, -0.2) is 35.0 Å². The highest BCUT2D eigenvalue weighted by molar-refractivity contribution is 5.87. The topological polar surface area (TPSA) is 66.8 Å². The van der Waals surface area contributed by atoms with Gasteiger partial charge in [0.05, 0.1) is 12.2 Å². The van der Waals surface area contributed by atoms with E-state index in [9.17, 15) is 15.0 Å². The molecule has 0 bridgehead atoms. The first kappa shape index (κ1) is 17.2. The maximum Gasteiger partial charge on any atom is 0.333 e. The summed E-state index contributed by atoms with van der Waals surface area (Å²) >= 11 is 0. The Kier molecular flexibility index (Phi) is 5.39. The summed E-state index contributed by atoms with van der Waals surface area (Å²) in [5, 5.41) is 19.9. The quantitative estimate of drug-likeness (QED) is 0.580. The number of carbonyl (C=O) groups excluding carboxylic acids is 1. The van der Waals surface area contributed by atoms with Gasteiger partial charge in [-0.15, -0.1) is 0 Å². The van der Waals surface area contributed by atoms with Gasteiger partial charge in [-0.3, -0.25) is 0 Å². The minimum absolute atomic E-state index is 0.0639. The van der Waals surface area contributed by atoms with Crippen LogP contribution in [0, 0.1) is 17.3 Å². The van der Waals surface area contributed by atoms with Gasteiger partial charge in [0, 0.05) is 12.2 Å². The summed E-state index contributed by atoms with van der Waals surface area (Å²) in [6.45, 7) is 9.92. The van der Waals surface area contributed by atoms with E-state index in [0.717, 1.165) is 6.42 Å². The van der Waals surface area contributed by atoms with E-state index in [2.05, 4.69) is 13.8 Å². The Balaban J connectivity index is 2.83. The second kappa shape index (κ2) is 6.27. The normalized spacial score (nSPS) is 28.4. The predicted molar refractivity (Wildman–Crippen MR) is 78.1 cm³/mol. The zero-order valence-electron chi connectivity index (χ0n) is 13.3. The highest BCUT2D eigenvalue weighted by Crippen LogP contribution is 2.56. The molecule has 0 amide bonds. The summed E-state index contributed by atoms with van der Waals surface area (Å²) < 4.78 is 4.94. The van der Waals surface area contributed by atoms with E-state index in [0.29, 0.717) is 18.6 Å². The third kappa shape index (κ3) is 3.61. The van der Waals surface area contributed by atoms with Crippen LogP contribution in [0.15, 0.2) is 11.6 Å². The largest absolute Gasteiger partial charge is 0.463 e. The average Bonchev–Trinajstić information content (AvgIpc) is 2.33. The first-order chi connectivity index (χ1) is 9.15. The highest BCUT2D eigenvalue weighted by atomic mass is 16.5. The summed E-state index contributed by atoms with van der Waals surface area (Å²) in [6.07, 6.45) is 3.17. The van der Waals surface area contributed by atoms with E-state index in [-0.39, 0.29) is 29.8 Å². The molecule has 0 saturated heterocycles. The van der Waals surface area contributed by atoms with E-state index >= 15 is 0 Å². The molecule has 116 valence electrons. The molecular formula is C16H28O4. The van der Waals surface area contributed by atoms with E-state index < -0.39 is 5.60 Å². The van der Waals surface area contributed by atoms with Gasteiger partial charge in [-0.2, -0.15) is 0 Å². The van der Waals surface area contributed by atoms with Gasteiger partial charge in [0.25, 0.3) is 0 Å². The Morgan fingerprint density at radius 1 is 1.50 bits per heavy atom. The molecule has 0 aromatic heterocycles. The molecule has 2 N–H and O–H groups in total. The van der Waals surface area contributed by atoms with Crippen LogP contribution >= 0.6 is 0 Å². The Hall–Kier alpha value is -0.870. The van der Waals surface area contributed by atoms with Gasteiger partial charge in [0.1, 0.15) is 0 Å². The lowest BCUT2D eigenvalue weighted by atomic mass is 9.50. The number of hydrogen-bond acceptors (Lipinski definition) is 4. The molecule has 0 aliphatic heterocycles. The summed E-state index contributed by atoms with van der Waals surface area (Å²) in [6, 6.07) is 0. The van der Waals surface area contributed by atoms with Crippen molar-refractivity contribution in [3.05, 3.63) is 11.6 Å². The van der Waals surface area contributed by atoms with E-state index in [4.69, 9.17) is 4.74 Å². The molecule has 1 rings (SSSR count). The minimum Gasteiger partial charge on any atom is -0.463 e. The number of ether oxygens (including phenoxy) is 1. The van der Waals surface area contributed by atoms with Gasteiger partial charge in [-0.25, -0.2) is 4.79 Å². The number of aliphatic hydroxyl groups is 2. The van der Waals surface area contributed by atoms with Gasteiger partial charge >= 0.3 is 5.97 Å². The third-order valence-electron chi connectivity index (χ3n) is 4.53. The molecule has 0 spiro atoms. The van der Waals surface area contributed by atoms with Crippen LogP contribution in [0.25, 0.3) is 0 Å². The van der Waals surface area contributed by atoms with Gasteiger partial charge in [0.2, 0.25) is 0 Å². The van der Waals surface area contributed by atoms with Crippen LogP contribution in [-0.2, 0) is 9.53 Å². The van der Waals surface area contributed by atoms with Crippen molar-refractivity contribution >= 4 is 5.97 Å². The lowest BCUT2D eigenvalue weighted by Gasteiger charge is -2.56. The molecule has 3 atom stereocenters. The molecule has 20 heavy (non-hydrogen) atoms. The van der Waals surface area contributed by atoms with E-state index in [1.165, 1.54) is 0 Å². The fraction of sp³-hybridized carbons (Fsp3) is 0.812. The van der Waals surface area contributed by atoms with Crippen molar-refractivity contribution in [2.45, 2.75) is 53.1 Å². The molecule has 1 aliphatic rings. The highest BCUT2D eigenvalue weighted by Gasteiger charge is 2.53. The van der Waals surface area contributed by atoms with Gasteiger partial charge in [-0.1, -0.05) is 13.8 Å². The summed E-state index contributed by atoms with van der Waals surface area (Å²) in [4.78, 5) is 11.6. The zero-order valence-corrected chi connectivity index (χ0v) is 13.3. The Morgan fingerprint density at radius 2 is 2.10 bits per heavy atom. The molecule has 1 saturated carbocycles. The Morgan fingerprint density at radius 3 is 2.55 bits per heavy atom. The fourth-order valence-corrected chi connectivity index (χ4v) is 3.44. The van der Waals surface area contributed by atoms with Crippen molar-refractivity contribution < 1.29 is 19.7 Å². The molecule has 0 unspecified atom stereocenters. The molecule has 4 nitrogen and oxygen atoms in total. The number of rotatable bonds is 6. The molecule has 4 heteroatoms.